The van der Waals surface area contributed by atoms with E-state index >= 15 is 0 Å². The van der Waals surface area contributed by atoms with Crippen LogP contribution in [0.4, 0.5) is 5.69 Å². The van der Waals surface area contributed by atoms with Crippen LogP contribution in [0.25, 0.3) is 0 Å². The van der Waals surface area contributed by atoms with Crippen molar-refractivity contribution in [1.29, 1.82) is 0 Å². The molecule has 1 saturated carbocycles. The molecule has 1 fully saturated rings. The molecular formula is C31H36ClNO4. The highest BCUT2D eigenvalue weighted by molar-refractivity contribution is 6.30. The van der Waals surface area contributed by atoms with Crippen LogP contribution >= 0.6 is 11.6 Å². The Bertz CT molecular complexity index is 1210. The summed E-state index contributed by atoms with van der Waals surface area (Å²) >= 11 is 6.36. The number of aliphatic hydroxyl groups is 1. The quantitative estimate of drug-likeness (QED) is 0.455. The van der Waals surface area contributed by atoms with E-state index in [-0.39, 0.29) is 28.9 Å². The second kappa shape index (κ2) is 9.99. The minimum Gasteiger partial charge on any atom is -0.490 e. The van der Waals surface area contributed by atoms with Crippen molar-refractivity contribution in [3.05, 3.63) is 70.3 Å². The molecule has 1 heterocycles. The van der Waals surface area contributed by atoms with Crippen LogP contribution in [0.5, 0.6) is 5.75 Å². The van der Waals surface area contributed by atoms with E-state index in [1.807, 2.05) is 12.1 Å². The second-order valence-corrected chi connectivity index (χ2v) is 12.0. The number of aryl methyl sites for hydroxylation is 1. The van der Waals surface area contributed by atoms with Gasteiger partial charge in [-0.25, -0.2) is 4.79 Å². The fourth-order valence-corrected chi connectivity index (χ4v) is 7.44. The number of ether oxygens (including phenoxy) is 1. The molecule has 0 amide bonds. The maximum Gasteiger partial charge on any atom is 0.335 e. The summed E-state index contributed by atoms with van der Waals surface area (Å²) in [4.78, 5) is 14.2. The Morgan fingerprint density at radius 3 is 2.81 bits per heavy atom. The molecule has 0 bridgehead atoms. The highest BCUT2D eigenvalue weighted by Gasteiger charge is 2.45. The average Bonchev–Trinajstić information content (AvgIpc) is 3.04. The fourth-order valence-electron chi connectivity index (χ4n) is 7.24. The molecule has 0 radical (unpaired) electrons. The molecule has 2 aromatic carbocycles. The fraction of sp³-hybridized carbons (Fsp3) is 0.516. The van der Waals surface area contributed by atoms with Gasteiger partial charge in [-0.05, 0) is 105 Å². The molecule has 37 heavy (non-hydrogen) atoms. The third-order valence-electron chi connectivity index (χ3n) is 9.38. The van der Waals surface area contributed by atoms with E-state index in [1.165, 1.54) is 11.1 Å². The van der Waals surface area contributed by atoms with Gasteiger partial charge in [0.15, 0.2) is 0 Å². The zero-order valence-electron chi connectivity index (χ0n) is 21.2. The first-order chi connectivity index (χ1) is 17.9. The molecule has 196 valence electrons. The lowest BCUT2D eigenvalue weighted by Crippen LogP contribution is -2.50. The first-order valence-corrected chi connectivity index (χ1v) is 14.2. The van der Waals surface area contributed by atoms with E-state index in [9.17, 15) is 15.0 Å². The molecule has 5 atom stereocenters. The number of carbonyl (C=O) groups is 1. The lowest BCUT2D eigenvalue weighted by molar-refractivity contribution is -0.0131. The van der Waals surface area contributed by atoms with Crippen molar-refractivity contribution >= 4 is 23.3 Å². The smallest absolute Gasteiger partial charge is 0.335 e. The molecule has 1 spiro atoms. The summed E-state index contributed by atoms with van der Waals surface area (Å²) in [6.45, 7) is 2.11. The normalized spacial score (nSPS) is 29.5. The summed E-state index contributed by atoms with van der Waals surface area (Å²) in [5.74, 6) is 0.711. The van der Waals surface area contributed by atoms with Crippen molar-refractivity contribution < 1.29 is 19.7 Å². The Kier molecular flexibility index (Phi) is 6.70. The highest BCUT2D eigenvalue weighted by Crippen LogP contribution is 2.47. The number of anilines is 1. The predicted octanol–water partition coefficient (Wildman–Crippen LogP) is 6.25. The summed E-state index contributed by atoms with van der Waals surface area (Å²) < 4.78 is 6.47. The Hall–Kier alpha value is -2.50. The van der Waals surface area contributed by atoms with Gasteiger partial charge in [0, 0.05) is 29.4 Å². The van der Waals surface area contributed by atoms with E-state index in [2.05, 4.69) is 29.2 Å². The van der Waals surface area contributed by atoms with E-state index < -0.39 is 5.97 Å². The van der Waals surface area contributed by atoms with Crippen molar-refractivity contribution in [1.82, 2.24) is 0 Å². The third-order valence-corrected chi connectivity index (χ3v) is 9.62. The number of fused-ring (bicyclic) bond motifs is 3. The minimum atomic E-state index is -0.930. The molecule has 4 aliphatic rings. The minimum absolute atomic E-state index is 0.190. The van der Waals surface area contributed by atoms with E-state index in [1.54, 1.807) is 12.1 Å². The van der Waals surface area contributed by atoms with Gasteiger partial charge >= 0.3 is 5.97 Å². The van der Waals surface area contributed by atoms with Gasteiger partial charge in [0.05, 0.1) is 24.0 Å². The van der Waals surface area contributed by atoms with Crippen LogP contribution in [-0.2, 0) is 11.8 Å². The zero-order chi connectivity index (χ0) is 25.6. The number of nitrogens with zero attached hydrogens (tertiary/aromatic N) is 1. The van der Waals surface area contributed by atoms with E-state index in [0.717, 1.165) is 80.9 Å². The molecular weight excluding hydrogens is 486 g/mol. The van der Waals surface area contributed by atoms with Gasteiger partial charge in [-0.15, -0.1) is 0 Å². The van der Waals surface area contributed by atoms with Crippen LogP contribution in [0.3, 0.4) is 0 Å². The summed E-state index contributed by atoms with van der Waals surface area (Å²) in [7, 11) is 0. The Labute approximate surface area is 224 Å². The number of allylic oxidation sites excluding steroid dienone is 1. The monoisotopic (exact) mass is 521 g/mol. The first kappa shape index (κ1) is 24.8. The molecule has 2 aromatic rings. The Balaban J connectivity index is 1.34. The summed E-state index contributed by atoms with van der Waals surface area (Å²) in [5, 5.41) is 21.8. The van der Waals surface area contributed by atoms with Crippen LogP contribution < -0.4 is 9.64 Å². The molecule has 1 unspecified atom stereocenters. The van der Waals surface area contributed by atoms with Gasteiger partial charge in [0.25, 0.3) is 0 Å². The molecule has 1 aliphatic heterocycles. The molecule has 6 heteroatoms. The van der Waals surface area contributed by atoms with E-state index in [0.29, 0.717) is 12.5 Å². The van der Waals surface area contributed by atoms with Crippen molar-refractivity contribution in [2.45, 2.75) is 62.9 Å². The first-order valence-electron chi connectivity index (χ1n) is 13.8. The van der Waals surface area contributed by atoms with Gasteiger partial charge in [-0.1, -0.05) is 29.8 Å². The Morgan fingerprint density at radius 1 is 1.16 bits per heavy atom. The molecule has 2 N–H and O–H groups in total. The molecule has 0 saturated heterocycles. The number of carboxylic acid groups (broad SMARTS) is 1. The van der Waals surface area contributed by atoms with Crippen molar-refractivity contribution in [2.24, 2.45) is 17.8 Å². The van der Waals surface area contributed by atoms with Gasteiger partial charge in [0.2, 0.25) is 0 Å². The third kappa shape index (κ3) is 4.66. The SMILES string of the molecule is O=C(O)c1ccc2c(c1)N(C[C@@H]1CC[C@H]1[C@@H](O)[C@@H]1C=CCCC1)CC1(CCCc3cc(Cl)ccc31)CO2. The summed E-state index contributed by atoms with van der Waals surface area (Å²) in [5.41, 5.74) is 3.54. The van der Waals surface area contributed by atoms with E-state index in [4.69, 9.17) is 16.3 Å². The lowest BCUT2D eigenvalue weighted by atomic mass is 9.66. The highest BCUT2D eigenvalue weighted by atomic mass is 35.5. The standard InChI is InChI=1S/C31H36ClNO4/c32-24-10-12-26-21(15-24)7-4-14-31(26)18-33(27-16-22(30(35)36)9-13-28(27)37-19-31)17-23-8-11-25(23)29(34)20-5-2-1-3-6-20/h2,5,9-10,12-13,15-16,20,23,25,29,34H,1,3-4,6-8,11,14,17-19H2,(H,35,36)/t20-,23+,25-,29+,31?/m1/s1. The summed E-state index contributed by atoms with van der Waals surface area (Å²) in [6, 6.07) is 11.5. The number of carboxylic acids is 1. The van der Waals surface area contributed by atoms with Crippen molar-refractivity contribution in [3.8, 4) is 5.75 Å². The van der Waals surface area contributed by atoms with Crippen LogP contribution in [-0.4, -0.2) is 42.0 Å². The molecule has 5 nitrogen and oxygen atoms in total. The van der Waals surface area contributed by atoms with Gasteiger partial charge in [-0.3, -0.25) is 0 Å². The molecule has 3 aliphatic carbocycles. The predicted molar refractivity (Wildman–Crippen MR) is 146 cm³/mol. The average molecular weight is 522 g/mol. The largest absolute Gasteiger partial charge is 0.490 e. The zero-order valence-corrected chi connectivity index (χ0v) is 22.0. The second-order valence-electron chi connectivity index (χ2n) is 11.6. The molecule has 6 rings (SSSR count). The number of aliphatic hydroxyl groups excluding tert-OH is 1. The van der Waals surface area contributed by atoms with Gasteiger partial charge < -0.3 is 19.8 Å². The maximum absolute atomic E-state index is 11.9. The van der Waals surface area contributed by atoms with Crippen LogP contribution in [0.15, 0.2) is 48.6 Å². The lowest BCUT2D eigenvalue weighted by Gasteiger charge is -2.46. The van der Waals surface area contributed by atoms with Crippen LogP contribution in [0.1, 0.15) is 66.4 Å². The Morgan fingerprint density at radius 2 is 2.05 bits per heavy atom. The van der Waals surface area contributed by atoms with Crippen LogP contribution in [0.2, 0.25) is 5.02 Å². The number of hydrogen-bond donors (Lipinski definition) is 2. The van der Waals surface area contributed by atoms with Crippen molar-refractivity contribution in [2.75, 3.05) is 24.6 Å². The van der Waals surface area contributed by atoms with Gasteiger partial charge in [0.1, 0.15) is 5.75 Å². The topological polar surface area (TPSA) is 70.0 Å². The number of hydrogen-bond acceptors (Lipinski definition) is 4. The van der Waals surface area contributed by atoms with Crippen LogP contribution in [0, 0.1) is 17.8 Å². The number of rotatable bonds is 5. The number of halogens is 1. The number of benzene rings is 2. The summed E-state index contributed by atoms with van der Waals surface area (Å²) in [6.07, 6.45) is 12.7. The van der Waals surface area contributed by atoms with Crippen molar-refractivity contribution in [3.63, 3.8) is 0 Å². The van der Waals surface area contributed by atoms with Gasteiger partial charge in [-0.2, -0.15) is 0 Å². The number of aromatic carboxylic acids is 1. The molecule has 0 aromatic heterocycles. The maximum atomic E-state index is 11.9.